The van der Waals surface area contributed by atoms with Gasteiger partial charge in [0.1, 0.15) is 5.75 Å². The van der Waals surface area contributed by atoms with Gasteiger partial charge >= 0.3 is 0 Å². The van der Waals surface area contributed by atoms with Gasteiger partial charge in [-0.1, -0.05) is 36.7 Å². The molecule has 0 aliphatic rings. The number of aryl methyl sites for hydroxylation is 1. The minimum atomic E-state index is -3.79. The third-order valence-corrected chi connectivity index (χ3v) is 5.35. The molecule has 142 valence electrons. The first kappa shape index (κ1) is 18.9. The summed E-state index contributed by atoms with van der Waals surface area (Å²) in [5.74, 6) is 1.29. The van der Waals surface area contributed by atoms with Crippen LogP contribution in [0.15, 0.2) is 51.9 Å². The second-order valence-electron chi connectivity index (χ2n) is 6.45. The highest BCUT2D eigenvalue weighted by atomic mass is 32.2. The van der Waals surface area contributed by atoms with Gasteiger partial charge in [-0.15, -0.1) is 0 Å². The summed E-state index contributed by atoms with van der Waals surface area (Å²) in [7, 11) is -2.29. The zero-order chi connectivity index (χ0) is 19.6. The number of hydrogen-bond acceptors (Lipinski definition) is 6. The van der Waals surface area contributed by atoms with Gasteiger partial charge in [0, 0.05) is 11.6 Å². The summed E-state index contributed by atoms with van der Waals surface area (Å²) < 4.78 is 38.7. The predicted octanol–water partition coefficient (Wildman–Crippen LogP) is 3.98. The molecule has 0 fully saturated rings. The summed E-state index contributed by atoms with van der Waals surface area (Å²) in [6.45, 7) is 5.82. The average Bonchev–Trinajstić information content (AvgIpc) is 3.13. The van der Waals surface area contributed by atoms with Crippen LogP contribution < -0.4 is 9.46 Å². The number of aromatic nitrogens is 2. The van der Waals surface area contributed by atoms with E-state index in [1.807, 2.05) is 32.9 Å². The number of benzene rings is 2. The zero-order valence-electron chi connectivity index (χ0n) is 15.6. The van der Waals surface area contributed by atoms with Crippen LogP contribution in [0, 0.1) is 6.92 Å². The predicted molar refractivity (Wildman–Crippen MR) is 102 cm³/mol. The normalized spacial score (nSPS) is 11.6. The molecule has 0 amide bonds. The third kappa shape index (κ3) is 4.11. The Labute approximate surface area is 158 Å². The topological polar surface area (TPSA) is 94.3 Å². The molecule has 1 aromatic heterocycles. The van der Waals surface area contributed by atoms with E-state index < -0.39 is 10.0 Å². The van der Waals surface area contributed by atoms with E-state index in [0.717, 1.165) is 5.56 Å². The molecule has 0 aliphatic carbocycles. The average molecular weight is 387 g/mol. The maximum Gasteiger partial charge on any atom is 0.261 e. The molecule has 0 saturated carbocycles. The Morgan fingerprint density at radius 1 is 1.11 bits per heavy atom. The number of sulfonamides is 1. The Kier molecular flexibility index (Phi) is 5.18. The third-order valence-electron chi connectivity index (χ3n) is 3.97. The number of anilines is 1. The second-order valence-corrected chi connectivity index (χ2v) is 8.13. The number of ether oxygens (including phenoxy) is 1. The van der Waals surface area contributed by atoms with Crippen LogP contribution in [-0.4, -0.2) is 25.7 Å². The highest BCUT2D eigenvalue weighted by molar-refractivity contribution is 7.92. The first-order valence-electron chi connectivity index (χ1n) is 8.41. The van der Waals surface area contributed by atoms with Crippen LogP contribution in [-0.2, 0) is 10.0 Å². The molecule has 8 heteroatoms. The molecule has 0 spiro atoms. The number of hydrogen-bond donors (Lipinski definition) is 1. The van der Waals surface area contributed by atoms with E-state index in [9.17, 15) is 8.42 Å². The van der Waals surface area contributed by atoms with Crippen LogP contribution in [0.5, 0.6) is 5.75 Å². The summed E-state index contributed by atoms with van der Waals surface area (Å²) in [4.78, 5) is 4.40. The summed E-state index contributed by atoms with van der Waals surface area (Å²) in [5.41, 5.74) is 1.95. The van der Waals surface area contributed by atoms with Crippen molar-refractivity contribution in [2.45, 2.75) is 31.6 Å². The van der Waals surface area contributed by atoms with Gasteiger partial charge < -0.3 is 9.26 Å². The van der Waals surface area contributed by atoms with Crippen LogP contribution in [0.4, 0.5) is 5.69 Å². The van der Waals surface area contributed by atoms with Crippen molar-refractivity contribution in [2.75, 3.05) is 11.8 Å². The van der Waals surface area contributed by atoms with E-state index in [1.54, 1.807) is 18.2 Å². The molecule has 3 rings (SSSR count). The van der Waals surface area contributed by atoms with E-state index in [2.05, 4.69) is 14.9 Å². The molecular weight excluding hydrogens is 366 g/mol. The Bertz CT molecular complexity index is 1040. The summed E-state index contributed by atoms with van der Waals surface area (Å²) in [6.07, 6.45) is 0. The Morgan fingerprint density at radius 3 is 2.41 bits per heavy atom. The van der Waals surface area contributed by atoms with Gasteiger partial charge in [-0.2, -0.15) is 4.98 Å². The number of rotatable bonds is 6. The Balaban J connectivity index is 1.99. The molecule has 7 nitrogen and oxygen atoms in total. The largest absolute Gasteiger partial charge is 0.496 e. The lowest BCUT2D eigenvalue weighted by Crippen LogP contribution is -2.13. The van der Waals surface area contributed by atoms with Crippen LogP contribution in [0.1, 0.15) is 31.2 Å². The van der Waals surface area contributed by atoms with Crippen LogP contribution >= 0.6 is 0 Å². The van der Waals surface area contributed by atoms with Gasteiger partial charge in [-0.25, -0.2) is 8.42 Å². The van der Waals surface area contributed by atoms with Crippen molar-refractivity contribution in [3.8, 4) is 17.2 Å². The highest BCUT2D eigenvalue weighted by Gasteiger charge is 2.21. The van der Waals surface area contributed by atoms with Crippen molar-refractivity contribution in [1.29, 1.82) is 0 Å². The van der Waals surface area contributed by atoms with Crippen molar-refractivity contribution < 1.29 is 17.7 Å². The molecule has 0 aliphatic heterocycles. The fraction of sp³-hybridized carbons (Fsp3) is 0.263. The van der Waals surface area contributed by atoms with Gasteiger partial charge in [-0.05, 0) is 37.3 Å². The molecule has 1 heterocycles. The van der Waals surface area contributed by atoms with Crippen LogP contribution in [0.3, 0.4) is 0 Å². The smallest absolute Gasteiger partial charge is 0.261 e. The van der Waals surface area contributed by atoms with Crippen molar-refractivity contribution in [3.63, 3.8) is 0 Å². The fourth-order valence-electron chi connectivity index (χ4n) is 2.44. The summed E-state index contributed by atoms with van der Waals surface area (Å²) in [5, 5.41) is 3.93. The quantitative estimate of drug-likeness (QED) is 0.687. The van der Waals surface area contributed by atoms with E-state index in [4.69, 9.17) is 9.26 Å². The standard InChI is InChI=1S/C19H21N3O4S/c1-12(2)18-20-19(26-21-18)16-11-15(9-10-17(16)25-4)27(23,24)22-14-7-5-13(3)6-8-14/h5-12,22H,1-4H3. The molecule has 0 saturated heterocycles. The maximum atomic E-state index is 12.8. The molecule has 3 aromatic rings. The molecule has 0 unspecified atom stereocenters. The monoisotopic (exact) mass is 387 g/mol. The molecule has 1 N–H and O–H groups in total. The van der Waals surface area contributed by atoms with E-state index in [1.165, 1.54) is 19.2 Å². The number of nitrogens with one attached hydrogen (secondary N) is 1. The molecular formula is C19H21N3O4S. The first-order chi connectivity index (χ1) is 12.8. The van der Waals surface area contributed by atoms with Gasteiger partial charge in [0.05, 0.1) is 17.6 Å². The van der Waals surface area contributed by atoms with E-state index >= 15 is 0 Å². The zero-order valence-corrected chi connectivity index (χ0v) is 16.4. The van der Waals surface area contributed by atoms with Gasteiger partial charge in [0.25, 0.3) is 15.9 Å². The number of nitrogens with zero attached hydrogens (tertiary/aromatic N) is 2. The minimum absolute atomic E-state index is 0.0724. The molecule has 0 atom stereocenters. The first-order valence-corrected chi connectivity index (χ1v) is 9.90. The Hall–Kier alpha value is -2.87. The lowest BCUT2D eigenvalue weighted by molar-refractivity contribution is 0.401. The van der Waals surface area contributed by atoms with E-state index in [-0.39, 0.29) is 16.7 Å². The molecule has 2 aromatic carbocycles. The van der Waals surface area contributed by atoms with Crippen molar-refractivity contribution in [3.05, 3.63) is 53.9 Å². The van der Waals surface area contributed by atoms with Gasteiger partial charge in [0.2, 0.25) is 0 Å². The van der Waals surface area contributed by atoms with Crippen LogP contribution in [0.25, 0.3) is 11.5 Å². The molecule has 0 bridgehead atoms. The number of methoxy groups -OCH3 is 1. The molecule has 27 heavy (non-hydrogen) atoms. The summed E-state index contributed by atoms with van der Waals surface area (Å²) >= 11 is 0. The maximum absolute atomic E-state index is 12.8. The fourth-order valence-corrected chi connectivity index (χ4v) is 3.52. The van der Waals surface area contributed by atoms with Gasteiger partial charge in [0.15, 0.2) is 5.82 Å². The lowest BCUT2D eigenvalue weighted by Gasteiger charge is -2.11. The SMILES string of the molecule is COc1ccc(S(=O)(=O)Nc2ccc(C)cc2)cc1-c1nc(C(C)C)no1. The van der Waals surface area contributed by atoms with Crippen LogP contribution in [0.2, 0.25) is 0 Å². The molecule has 0 radical (unpaired) electrons. The lowest BCUT2D eigenvalue weighted by atomic mass is 10.2. The van der Waals surface area contributed by atoms with E-state index in [0.29, 0.717) is 22.8 Å². The van der Waals surface area contributed by atoms with Crippen molar-refractivity contribution in [2.24, 2.45) is 0 Å². The van der Waals surface area contributed by atoms with Gasteiger partial charge in [-0.3, -0.25) is 4.72 Å². The summed E-state index contributed by atoms with van der Waals surface area (Å²) in [6, 6.07) is 11.6. The highest BCUT2D eigenvalue weighted by Crippen LogP contribution is 2.32. The van der Waals surface area contributed by atoms with Crippen molar-refractivity contribution >= 4 is 15.7 Å². The second kappa shape index (κ2) is 7.40. The van der Waals surface area contributed by atoms with Crippen molar-refractivity contribution in [1.82, 2.24) is 10.1 Å². The Morgan fingerprint density at radius 2 is 1.81 bits per heavy atom. The minimum Gasteiger partial charge on any atom is -0.496 e.